The van der Waals surface area contributed by atoms with E-state index in [4.69, 9.17) is 5.11 Å². The fraction of sp³-hybridized carbons (Fsp3) is 0.389. The van der Waals surface area contributed by atoms with Crippen molar-refractivity contribution in [2.75, 3.05) is 13.1 Å². The van der Waals surface area contributed by atoms with Gasteiger partial charge in [0.25, 0.3) is 5.91 Å². The molecule has 3 rings (SSSR count). The number of carbonyl (C=O) groups is 2. The zero-order valence-corrected chi connectivity index (χ0v) is 13.3. The minimum atomic E-state index is -0.806. The monoisotopic (exact) mass is 328 g/mol. The predicted molar refractivity (Wildman–Crippen MR) is 90.1 cm³/mol. The summed E-state index contributed by atoms with van der Waals surface area (Å²) in [6, 6.07) is 8.61. The van der Waals surface area contributed by atoms with Crippen molar-refractivity contribution in [2.45, 2.75) is 25.7 Å². The minimum absolute atomic E-state index is 0.126. The molecule has 1 aromatic carbocycles. The number of carboxylic acid groups (broad SMARTS) is 1. The number of nitrogens with one attached hydrogen (secondary N) is 1. The van der Waals surface area contributed by atoms with Crippen molar-refractivity contribution in [2.24, 2.45) is 5.92 Å². The molecule has 0 spiro atoms. The first kappa shape index (κ1) is 16.2. The standard InChI is InChI=1S/C18H20N2O4/c21-16-10-14(13-5-1-2-6-15(13)19-16)18(24)20-9-3-4-12(11-20)7-8-17(22)23/h1-2,5-6,10,12H,3-4,7-9,11H2,(H,19,21)(H,22,23). The molecule has 1 unspecified atom stereocenters. The van der Waals surface area contributed by atoms with Gasteiger partial charge >= 0.3 is 5.97 Å². The van der Waals surface area contributed by atoms with Gasteiger partial charge in [-0.05, 0) is 31.2 Å². The van der Waals surface area contributed by atoms with E-state index in [0.717, 1.165) is 18.2 Å². The number of para-hydroxylation sites is 1. The fourth-order valence-corrected chi connectivity index (χ4v) is 3.36. The number of hydrogen-bond acceptors (Lipinski definition) is 3. The van der Waals surface area contributed by atoms with E-state index in [0.29, 0.717) is 30.6 Å². The molecule has 1 aliphatic rings. The van der Waals surface area contributed by atoms with Gasteiger partial charge in [0.1, 0.15) is 0 Å². The number of hydrogen-bond donors (Lipinski definition) is 2. The number of carboxylic acids is 1. The van der Waals surface area contributed by atoms with E-state index in [2.05, 4.69) is 4.98 Å². The maximum Gasteiger partial charge on any atom is 0.303 e. The summed E-state index contributed by atoms with van der Waals surface area (Å²) in [6.45, 7) is 1.19. The first-order chi connectivity index (χ1) is 11.5. The van der Waals surface area contributed by atoms with Crippen LogP contribution in [0.5, 0.6) is 0 Å². The van der Waals surface area contributed by atoms with E-state index in [1.54, 1.807) is 11.0 Å². The predicted octanol–water partition coefficient (Wildman–Crippen LogP) is 2.25. The van der Waals surface area contributed by atoms with E-state index in [1.807, 2.05) is 18.2 Å². The van der Waals surface area contributed by atoms with Gasteiger partial charge in [0.15, 0.2) is 0 Å². The second kappa shape index (κ2) is 6.86. The van der Waals surface area contributed by atoms with Gasteiger partial charge in [-0.25, -0.2) is 0 Å². The lowest BCUT2D eigenvalue weighted by Gasteiger charge is -2.33. The van der Waals surface area contributed by atoms with Gasteiger partial charge in [-0.15, -0.1) is 0 Å². The summed E-state index contributed by atoms with van der Waals surface area (Å²) in [5.74, 6) is -0.761. The van der Waals surface area contributed by atoms with Crippen molar-refractivity contribution in [3.63, 3.8) is 0 Å². The number of likely N-dealkylation sites (tertiary alicyclic amines) is 1. The van der Waals surface area contributed by atoms with Crippen LogP contribution < -0.4 is 5.56 Å². The summed E-state index contributed by atoms with van der Waals surface area (Å²) in [4.78, 5) is 40.0. The van der Waals surface area contributed by atoms with Gasteiger partial charge in [-0.2, -0.15) is 0 Å². The number of H-pyrrole nitrogens is 1. The SMILES string of the molecule is O=C(O)CCC1CCCN(C(=O)c2cc(=O)[nH]c3ccccc23)C1. The molecular weight excluding hydrogens is 308 g/mol. The Morgan fingerprint density at radius 3 is 2.88 bits per heavy atom. The molecule has 1 amide bonds. The number of pyridine rings is 1. The minimum Gasteiger partial charge on any atom is -0.481 e. The van der Waals surface area contributed by atoms with Gasteiger partial charge in [0, 0.05) is 36.5 Å². The van der Waals surface area contributed by atoms with Crippen LogP contribution in [0.15, 0.2) is 35.1 Å². The summed E-state index contributed by atoms with van der Waals surface area (Å²) in [6.07, 6.45) is 2.50. The highest BCUT2D eigenvalue weighted by Crippen LogP contribution is 2.24. The van der Waals surface area contributed by atoms with Crippen LogP contribution in [-0.4, -0.2) is 40.0 Å². The number of carbonyl (C=O) groups excluding carboxylic acids is 1. The highest BCUT2D eigenvalue weighted by molar-refractivity contribution is 6.05. The van der Waals surface area contributed by atoms with E-state index in [-0.39, 0.29) is 23.8 Å². The lowest BCUT2D eigenvalue weighted by atomic mass is 9.93. The highest BCUT2D eigenvalue weighted by Gasteiger charge is 2.26. The lowest BCUT2D eigenvalue weighted by molar-refractivity contribution is -0.137. The van der Waals surface area contributed by atoms with Crippen LogP contribution in [0.25, 0.3) is 10.9 Å². The quantitative estimate of drug-likeness (QED) is 0.900. The topological polar surface area (TPSA) is 90.5 Å². The number of benzene rings is 1. The molecule has 6 nitrogen and oxygen atoms in total. The Hall–Kier alpha value is -2.63. The average molecular weight is 328 g/mol. The van der Waals surface area contributed by atoms with E-state index in [9.17, 15) is 14.4 Å². The summed E-state index contributed by atoms with van der Waals surface area (Å²) < 4.78 is 0. The summed E-state index contributed by atoms with van der Waals surface area (Å²) >= 11 is 0. The number of aromatic nitrogens is 1. The molecule has 0 saturated carbocycles. The fourth-order valence-electron chi connectivity index (χ4n) is 3.36. The van der Waals surface area contributed by atoms with Crippen molar-refractivity contribution in [1.82, 2.24) is 9.88 Å². The van der Waals surface area contributed by atoms with Crippen molar-refractivity contribution in [1.29, 1.82) is 0 Å². The highest BCUT2D eigenvalue weighted by atomic mass is 16.4. The maximum absolute atomic E-state index is 12.9. The largest absolute Gasteiger partial charge is 0.481 e. The molecular formula is C18H20N2O4. The van der Waals surface area contributed by atoms with Crippen LogP contribution in [0.2, 0.25) is 0 Å². The smallest absolute Gasteiger partial charge is 0.303 e. The Morgan fingerprint density at radius 2 is 2.08 bits per heavy atom. The zero-order valence-electron chi connectivity index (χ0n) is 13.3. The van der Waals surface area contributed by atoms with E-state index in [1.165, 1.54) is 6.07 Å². The van der Waals surface area contributed by atoms with Gasteiger partial charge in [0.2, 0.25) is 5.56 Å². The number of aliphatic carboxylic acids is 1. The van der Waals surface area contributed by atoms with Crippen molar-refractivity contribution in [3.8, 4) is 0 Å². The second-order valence-electron chi connectivity index (χ2n) is 6.28. The molecule has 2 aromatic rings. The number of piperidine rings is 1. The Morgan fingerprint density at radius 1 is 1.29 bits per heavy atom. The number of aromatic amines is 1. The third-order valence-corrected chi connectivity index (χ3v) is 4.55. The summed E-state index contributed by atoms with van der Waals surface area (Å²) in [5.41, 5.74) is 0.762. The second-order valence-corrected chi connectivity index (χ2v) is 6.28. The van der Waals surface area contributed by atoms with Gasteiger partial charge in [-0.3, -0.25) is 14.4 Å². The van der Waals surface area contributed by atoms with Gasteiger partial charge in [-0.1, -0.05) is 18.2 Å². The average Bonchev–Trinajstić information content (AvgIpc) is 2.58. The van der Waals surface area contributed by atoms with Crippen molar-refractivity contribution < 1.29 is 14.7 Å². The van der Waals surface area contributed by atoms with E-state index < -0.39 is 5.97 Å². The molecule has 0 radical (unpaired) electrons. The number of fused-ring (bicyclic) bond motifs is 1. The van der Waals surface area contributed by atoms with E-state index >= 15 is 0 Å². The van der Waals surface area contributed by atoms with Crippen LogP contribution >= 0.6 is 0 Å². The number of nitrogens with zero attached hydrogens (tertiary/aromatic N) is 1. The Balaban J connectivity index is 1.84. The molecule has 1 fully saturated rings. The van der Waals surface area contributed by atoms with Crippen LogP contribution in [0.1, 0.15) is 36.0 Å². The molecule has 1 saturated heterocycles. The Bertz CT molecular complexity index is 827. The number of rotatable bonds is 4. The normalized spacial score (nSPS) is 17.8. The lowest BCUT2D eigenvalue weighted by Crippen LogP contribution is -2.40. The van der Waals surface area contributed by atoms with Crippen molar-refractivity contribution >= 4 is 22.8 Å². The number of amides is 1. The zero-order chi connectivity index (χ0) is 17.1. The third kappa shape index (κ3) is 3.48. The molecule has 1 aliphatic heterocycles. The van der Waals surface area contributed by atoms with Crippen LogP contribution in [0.4, 0.5) is 0 Å². The summed E-state index contributed by atoms with van der Waals surface area (Å²) in [5, 5.41) is 9.56. The van der Waals surface area contributed by atoms with Gasteiger partial charge < -0.3 is 15.0 Å². The molecule has 0 bridgehead atoms. The Labute approximate surface area is 139 Å². The molecule has 24 heavy (non-hydrogen) atoms. The van der Waals surface area contributed by atoms with Crippen molar-refractivity contribution in [3.05, 3.63) is 46.2 Å². The first-order valence-corrected chi connectivity index (χ1v) is 8.18. The molecule has 126 valence electrons. The summed E-state index contributed by atoms with van der Waals surface area (Å²) in [7, 11) is 0. The molecule has 0 aliphatic carbocycles. The first-order valence-electron chi connectivity index (χ1n) is 8.18. The molecule has 2 N–H and O–H groups in total. The van der Waals surface area contributed by atoms with Crippen LogP contribution in [-0.2, 0) is 4.79 Å². The third-order valence-electron chi connectivity index (χ3n) is 4.55. The maximum atomic E-state index is 12.9. The Kier molecular flexibility index (Phi) is 4.64. The van der Waals surface area contributed by atoms with Gasteiger partial charge in [0.05, 0.1) is 5.56 Å². The molecule has 1 aromatic heterocycles. The molecule has 1 atom stereocenters. The van der Waals surface area contributed by atoms with Crippen LogP contribution in [0.3, 0.4) is 0 Å². The molecule has 6 heteroatoms. The molecule has 2 heterocycles. The van der Waals surface area contributed by atoms with Crippen LogP contribution in [0, 0.1) is 5.92 Å².